The summed E-state index contributed by atoms with van der Waals surface area (Å²) in [5, 5.41) is 2.39. The van der Waals surface area contributed by atoms with Gasteiger partial charge in [-0.2, -0.15) is 0 Å². The van der Waals surface area contributed by atoms with Crippen LogP contribution in [0.25, 0.3) is 11.1 Å². The largest absolute Gasteiger partial charge is 0.448 e. The second-order valence-corrected chi connectivity index (χ2v) is 6.54. The summed E-state index contributed by atoms with van der Waals surface area (Å²) in [6, 6.07) is 16.1. The number of hydrogen-bond donors (Lipinski definition) is 1. The van der Waals surface area contributed by atoms with Gasteiger partial charge in [-0.05, 0) is 22.3 Å². The molecule has 7 nitrogen and oxygen atoms in total. The first-order chi connectivity index (χ1) is 13.5. The first-order valence-electron chi connectivity index (χ1n) is 8.93. The molecule has 7 heteroatoms. The van der Waals surface area contributed by atoms with Crippen LogP contribution in [0.3, 0.4) is 0 Å². The van der Waals surface area contributed by atoms with E-state index in [2.05, 4.69) is 22.2 Å². The molecule has 0 saturated carbocycles. The van der Waals surface area contributed by atoms with Gasteiger partial charge in [-0.25, -0.2) is 4.79 Å². The van der Waals surface area contributed by atoms with Gasteiger partial charge in [-0.15, -0.1) is 0 Å². The molecule has 0 saturated heterocycles. The van der Waals surface area contributed by atoms with Gasteiger partial charge in [0.25, 0.3) is 0 Å². The van der Waals surface area contributed by atoms with Crippen molar-refractivity contribution in [2.24, 2.45) is 0 Å². The summed E-state index contributed by atoms with van der Waals surface area (Å²) in [5.41, 5.74) is 4.55. The first-order valence-corrected chi connectivity index (χ1v) is 8.93. The fourth-order valence-electron chi connectivity index (χ4n) is 3.26. The zero-order valence-electron chi connectivity index (χ0n) is 15.8. The van der Waals surface area contributed by atoms with Gasteiger partial charge in [0, 0.05) is 19.9 Å². The van der Waals surface area contributed by atoms with Gasteiger partial charge in [-0.1, -0.05) is 48.5 Å². The maximum atomic E-state index is 12.3. The van der Waals surface area contributed by atoms with Crippen LogP contribution >= 0.6 is 0 Å². The van der Waals surface area contributed by atoms with E-state index >= 15 is 0 Å². The summed E-state index contributed by atoms with van der Waals surface area (Å²) >= 11 is 0. The molecule has 0 aromatic heterocycles. The predicted molar refractivity (Wildman–Crippen MR) is 102 cm³/mol. The summed E-state index contributed by atoms with van der Waals surface area (Å²) in [7, 11) is 1.48. The Hall–Kier alpha value is -3.35. The number of nitrogens with one attached hydrogen (secondary N) is 1. The normalized spacial score (nSPS) is 11.9. The summed E-state index contributed by atoms with van der Waals surface area (Å²) in [4.78, 5) is 35.9. The zero-order chi connectivity index (χ0) is 20.1. The van der Waals surface area contributed by atoms with Crippen LogP contribution < -0.4 is 5.32 Å². The van der Waals surface area contributed by atoms with Crippen LogP contribution in [0.4, 0.5) is 4.79 Å². The van der Waals surface area contributed by atoms with E-state index in [1.54, 1.807) is 0 Å². The van der Waals surface area contributed by atoms with Crippen molar-refractivity contribution >= 4 is 18.0 Å². The summed E-state index contributed by atoms with van der Waals surface area (Å²) in [6.45, 7) is 1.01. The van der Waals surface area contributed by atoms with Crippen LogP contribution in [0.1, 0.15) is 24.0 Å². The minimum absolute atomic E-state index is 0.0393. The lowest BCUT2D eigenvalue weighted by Gasteiger charge is -2.19. The Morgan fingerprint density at radius 3 is 2.11 bits per heavy atom. The number of carbonyl (C=O) groups excluding carboxylic acids is 3. The number of nitrogens with zero attached hydrogens (tertiary/aromatic N) is 1. The van der Waals surface area contributed by atoms with Crippen molar-refractivity contribution < 1.29 is 23.9 Å². The lowest BCUT2D eigenvalue weighted by Crippen LogP contribution is -2.39. The van der Waals surface area contributed by atoms with Crippen molar-refractivity contribution in [2.45, 2.75) is 12.8 Å². The van der Waals surface area contributed by atoms with E-state index in [0.29, 0.717) is 0 Å². The van der Waals surface area contributed by atoms with Crippen molar-refractivity contribution in [2.75, 3.05) is 26.9 Å². The van der Waals surface area contributed by atoms with Gasteiger partial charge in [0.15, 0.2) is 6.73 Å². The zero-order valence-corrected chi connectivity index (χ0v) is 15.8. The summed E-state index contributed by atoms with van der Waals surface area (Å²) in [6.07, 6.45) is -0.593. The highest BCUT2D eigenvalue weighted by molar-refractivity contribution is 5.82. The SMILES string of the molecule is CC(=O)OCNC(=O)CN(C)C(=O)OCC1c2ccccc2-c2ccccc21. The molecule has 0 fully saturated rings. The average Bonchev–Trinajstić information content (AvgIpc) is 2.99. The number of carbonyl (C=O) groups is 3. The monoisotopic (exact) mass is 382 g/mol. The molecule has 2 aromatic rings. The second kappa shape index (κ2) is 8.56. The molecule has 146 valence electrons. The Morgan fingerprint density at radius 2 is 1.54 bits per heavy atom. The van der Waals surface area contributed by atoms with Gasteiger partial charge in [0.1, 0.15) is 13.2 Å². The Labute approximate surface area is 163 Å². The maximum Gasteiger partial charge on any atom is 0.409 e. The van der Waals surface area contributed by atoms with Crippen LogP contribution in [-0.4, -0.2) is 49.8 Å². The van der Waals surface area contributed by atoms with Crippen LogP contribution in [-0.2, 0) is 19.1 Å². The van der Waals surface area contributed by atoms with Crippen molar-refractivity contribution in [1.82, 2.24) is 10.2 Å². The van der Waals surface area contributed by atoms with Crippen molar-refractivity contribution in [3.8, 4) is 11.1 Å². The highest BCUT2D eigenvalue weighted by Gasteiger charge is 2.29. The van der Waals surface area contributed by atoms with Gasteiger partial charge < -0.3 is 19.7 Å². The third-order valence-electron chi connectivity index (χ3n) is 4.57. The molecule has 3 rings (SSSR count). The summed E-state index contributed by atoms with van der Waals surface area (Å²) in [5.74, 6) is -0.981. The Kier molecular flexibility index (Phi) is 5.93. The molecular formula is C21H22N2O5. The molecule has 2 aromatic carbocycles. The van der Waals surface area contributed by atoms with Crippen LogP contribution in [0.5, 0.6) is 0 Å². The third-order valence-corrected chi connectivity index (χ3v) is 4.57. The number of fused-ring (bicyclic) bond motifs is 3. The highest BCUT2D eigenvalue weighted by atomic mass is 16.6. The van der Waals surface area contributed by atoms with E-state index in [1.807, 2.05) is 36.4 Å². The van der Waals surface area contributed by atoms with E-state index in [1.165, 1.54) is 18.9 Å². The molecule has 0 unspecified atom stereocenters. The molecule has 0 spiro atoms. The van der Waals surface area contributed by atoms with Gasteiger partial charge in [0.05, 0.1) is 0 Å². The quantitative estimate of drug-likeness (QED) is 0.613. The fourth-order valence-corrected chi connectivity index (χ4v) is 3.26. The van der Waals surface area contributed by atoms with Crippen LogP contribution in [0, 0.1) is 0 Å². The smallest absolute Gasteiger partial charge is 0.409 e. The topological polar surface area (TPSA) is 84.9 Å². The number of benzene rings is 2. The van der Waals surface area contributed by atoms with Crippen molar-refractivity contribution in [3.63, 3.8) is 0 Å². The third kappa shape index (κ3) is 4.31. The van der Waals surface area contributed by atoms with Crippen molar-refractivity contribution in [1.29, 1.82) is 0 Å². The standard InChI is InChI=1S/C21H22N2O5/c1-14(24)28-13-22-20(25)11-23(2)21(26)27-12-19-17-9-5-3-7-15(17)16-8-4-6-10-18(16)19/h3-10,19H,11-13H2,1-2H3,(H,22,25). The van der Waals surface area contributed by atoms with Crippen LogP contribution in [0.15, 0.2) is 48.5 Å². The molecule has 1 aliphatic rings. The highest BCUT2D eigenvalue weighted by Crippen LogP contribution is 2.44. The fraction of sp³-hybridized carbons (Fsp3) is 0.286. The predicted octanol–water partition coefficient (Wildman–Crippen LogP) is 2.50. The Balaban J connectivity index is 1.57. The maximum absolute atomic E-state index is 12.3. The molecule has 1 aliphatic carbocycles. The molecule has 0 aliphatic heterocycles. The van der Waals surface area contributed by atoms with Crippen molar-refractivity contribution in [3.05, 3.63) is 59.7 Å². The molecule has 1 N–H and O–H groups in total. The minimum atomic E-state index is -0.593. The lowest BCUT2D eigenvalue weighted by atomic mass is 9.98. The molecule has 28 heavy (non-hydrogen) atoms. The van der Waals surface area contributed by atoms with E-state index in [0.717, 1.165) is 22.3 Å². The lowest BCUT2D eigenvalue weighted by molar-refractivity contribution is -0.142. The molecule has 2 amide bonds. The Bertz CT molecular complexity index is 850. The number of amides is 2. The molecule has 0 radical (unpaired) electrons. The second-order valence-electron chi connectivity index (χ2n) is 6.54. The number of rotatable bonds is 6. The van der Waals surface area contributed by atoms with Gasteiger partial charge in [0.2, 0.25) is 5.91 Å². The minimum Gasteiger partial charge on any atom is -0.448 e. The molecule has 0 atom stereocenters. The van der Waals surface area contributed by atoms with E-state index in [4.69, 9.17) is 4.74 Å². The van der Waals surface area contributed by atoms with Gasteiger partial charge in [-0.3, -0.25) is 9.59 Å². The molecule has 0 bridgehead atoms. The van der Waals surface area contributed by atoms with Crippen LogP contribution in [0.2, 0.25) is 0 Å². The number of likely N-dealkylation sites (N-methyl/N-ethyl adjacent to an activating group) is 1. The van der Waals surface area contributed by atoms with Gasteiger partial charge >= 0.3 is 12.1 Å². The average molecular weight is 382 g/mol. The Morgan fingerprint density at radius 1 is 0.964 bits per heavy atom. The molecule has 0 heterocycles. The summed E-state index contributed by atoms with van der Waals surface area (Å²) < 4.78 is 10.1. The van der Waals surface area contributed by atoms with E-state index in [9.17, 15) is 14.4 Å². The number of esters is 1. The number of ether oxygens (including phenoxy) is 2. The number of hydrogen-bond acceptors (Lipinski definition) is 5. The first kappa shape index (κ1) is 19.4. The van der Waals surface area contributed by atoms with E-state index in [-0.39, 0.29) is 25.8 Å². The van der Waals surface area contributed by atoms with E-state index < -0.39 is 18.0 Å². The molecular weight excluding hydrogens is 360 g/mol.